The highest BCUT2D eigenvalue weighted by atomic mass is 16.5. The topological polar surface area (TPSA) is 57.2 Å². The van der Waals surface area contributed by atoms with Crippen LogP contribution in [0.1, 0.15) is 11.1 Å². The first-order chi connectivity index (χ1) is 11.1. The quantitative estimate of drug-likeness (QED) is 0.825. The van der Waals surface area contributed by atoms with Crippen molar-refractivity contribution in [3.63, 3.8) is 0 Å². The molecule has 0 bridgehead atoms. The molecule has 0 saturated heterocycles. The van der Waals surface area contributed by atoms with E-state index in [1.807, 2.05) is 24.3 Å². The van der Waals surface area contributed by atoms with E-state index in [2.05, 4.69) is 0 Å². The average Bonchev–Trinajstić information content (AvgIpc) is 2.59. The Kier molecular flexibility index (Phi) is 5.36. The van der Waals surface area contributed by atoms with Gasteiger partial charge in [-0.1, -0.05) is 24.3 Å². The highest BCUT2D eigenvalue weighted by molar-refractivity contribution is 5.76. The first-order valence-corrected chi connectivity index (χ1v) is 6.98. The predicted molar refractivity (Wildman–Crippen MR) is 89.7 cm³/mol. The summed E-state index contributed by atoms with van der Waals surface area (Å²) >= 11 is 0. The second-order valence-corrected chi connectivity index (χ2v) is 4.69. The van der Waals surface area contributed by atoms with Crippen molar-refractivity contribution in [1.82, 2.24) is 0 Å². The van der Waals surface area contributed by atoms with E-state index >= 15 is 0 Å². The number of phenols is 1. The third kappa shape index (κ3) is 3.51. The number of rotatable bonds is 6. The van der Waals surface area contributed by atoms with Gasteiger partial charge in [0.1, 0.15) is 0 Å². The van der Waals surface area contributed by atoms with Crippen LogP contribution in [-0.4, -0.2) is 33.5 Å². The second-order valence-electron chi connectivity index (χ2n) is 4.69. The van der Waals surface area contributed by atoms with Crippen molar-refractivity contribution in [3.8, 4) is 28.7 Å². The molecule has 2 rings (SSSR count). The van der Waals surface area contributed by atoms with Gasteiger partial charge < -0.3 is 24.1 Å². The zero-order valence-electron chi connectivity index (χ0n) is 13.6. The molecule has 0 spiro atoms. The fourth-order valence-corrected chi connectivity index (χ4v) is 2.22. The minimum absolute atomic E-state index is 0.0960. The van der Waals surface area contributed by atoms with Crippen molar-refractivity contribution in [3.05, 3.63) is 41.5 Å². The molecule has 0 atom stereocenters. The standard InChI is InChI=1S/C18H20O5/c1-20-14-7-5-6-13(17(14)19)9-8-12-10-15(21-2)18(23-4)16(11-12)22-3/h5-11,19H,1-4H3/b9-8-. The largest absolute Gasteiger partial charge is 0.504 e. The summed E-state index contributed by atoms with van der Waals surface area (Å²) in [5.41, 5.74) is 1.50. The molecule has 0 aliphatic heterocycles. The molecule has 2 aromatic rings. The Hall–Kier alpha value is -2.82. The van der Waals surface area contributed by atoms with Crippen LogP contribution in [0.25, 0.3) is 12.2 Å². The Morgan fingerprint density at radius 2 is 1.39 bits per heavy atom. The second kappa shape index (κ2) is 7.45. The van der Waals surface area contributed by atoms with Crippen molar-refractivity contribution in [2.75, 3.05) is 28.4 Å². The monoisotopic (exact) mass is 316 g/mol. The first-order valence-electron chi connectivity index (χ1n) is 6.98. The fraction of sp³-hybridized carbons (Fsp3) is 0.222. The molecular weight excluding hydrogens is 296 g/mol. The number of hydrogen-bond donors (Lipinski definition) is 1. The van der Waals surface area contributed by atoms with Gasteiger partial charge in [0.2, 0.25) is 5.75 Å². The molecule has 0 aliphatic rings. The summed E-state index contributed by atoms with van der Waals surface area (Å²) < 4.78 is 21.0. The van der Waals surface area contributed by atoms with Crippen LogP contribution in [0.15, 0.2) is 30.3 Å². The summed E-state index contributed by atoms with van der Waals surface area (Å²) in [6, 6.07) is 8.97. The van der Waals surface area contributed by atoms with Gasteiger partial charge in [-0.15, -0.1) is 0 Å². The van der Waals surface area contributed by atoms with Gasteiger partial charge >= 0.3 is 0 Å². The molecule has 0 radical (unpaired) electrons. The minimum atomic E-state index is 0.0960. The molecule has 2 aromatic carbocycles. The van der Waals surface area contributed by atoms with Crippen LogP contribution >= 0.6 is 0 Å². The molecule has 0 amide bonds. The van der Waals surface area contributed by atoms with Crippen molar-refractivity contribution < 1.29 is 24.1 Å². The third-order valence-electron chi connectivity index (χ3n) is 3.39. The molecule has 5 heteroatoms. The highest BCUT2D eigenvalue weighted by Crippen LogP contribution is 2.39. The van der Waals surface area contributed by atoms with Gasteiger partial charge in [-0.3, -0.25) is 0 Å². The molecule has 0 aromatic heterocycles. The van der Waals surface area contributed by atoms with Gasteiger partial charge in [0.15, 0.2) is 23.0 Å². The smallest absolute Gasteiger partial charge is 0.203 e. The zero-order chi connectivity index (χ0) is 16.8. The summed E-state index contributed by atoms with van der Waals surface area (Å²) in [6.07, 6.45) is 3.64. The van der Waals surface area contributed by atoms with Gasteiger partial charge in [-0.2, -0.15) is 0 Å². The molecule has 23 heavy (non-hydrogen) atoms. The molecular formula is C18H20O5. The van der Waals surface area contributed by atoms with Crippen LogP contribution in [0, 0.1) is 0 Å². The SMILES string of the molecule is COc1cccc(/C=C\c2cc(OC)c(OC)c(OC)c2)c1O. The van der Waals surface area contributed by atoms with E-state index in [4.69, 9.17) is 18.9 Å². The maximum absolute atomic E-state index is 10.1. The number of ether oxygens (including phenoxy) is 4. The molecule has 0 heterocycles. The van der Waals surface area contributed by atoms with E-state index in [-0.39, 0.29) is 5.75 Å². The Bertz CT molecular complexity index is 682. The van der Waals surface area contributed by atoms with Gasteiger partial charge in [0.25, 0.3) is 0 Å². The van der Waals surface area contributed by atoms with E-state index in [0.29, 0.717) is 28.6 Å². The maximum Gasteiger partial charge on any atom is 0.203 e. The molecule has 5 nitrogen and oxygen atoms in total. The van der Waals surface area contributed by atoms with Crippen molar-refractivity contribution in [2.24, 2.45) is 0 Å². The lowest BCUT2D eigenvalue weighted by Crippen LogP contribution is -1.95. The number of hydrogen-bond acceptors (Lipinski definition) is 5. The van der Waals surface area contributed by atoms with Gasteiger partial charge in [-0.05, 0) is 23.8 Å². The summed E-state index contributed by atoms with van der Waals surface area (Å²) in [5.74, 6) is 2.20. The summed E-state index contributed by atoms with van der Waals surface area (Å²) in [6.45, 7) is 0. The predicted octanol–water partition coefficient (Wildman–Crippen LogP) is 3.60. The number of methoxy groups -OCH3 is 4. The normalized spacial score (nSPS) is 10.6. The van der Waals surface area contributed by atoms with E-state index in [9.17, 15) is 5.11 Å². The van der Waals surface area contributed by atoms with Gasteiger partial charge in [0.05, 0.1) is 28.4 Å². The highest BCUT2D eigenvalue weighted by Gasteiger charge is 2.12. The summed E-state index contributed by atoms with van der Waals surface area (Å²) in [5, 5.41) is 10.1. The van der Waals surface area contributed by atoms with Crippen LogP contribution in [0.2, 0.25) is 0 Å². The van der Waals surface area contributed by atoms with Crippen LogP contribution in [0.5, 0.6) is 28.7 Å². The molecule has 0 aliphatic carbocycles. The molecule has 0 fully saturated rings. The number of para-hydroxylation sites is 1. The van der Waals surface area contributed by atoms with Crippen molar-refractivity contribution in [2.45, 2.75) is 0 Å². The lowest BCUT2D eigenvalue weighted by Gasteiger charge is -2.13. The van der Waals surface area contributed by atoms with E-state index in [1.54, 1.807) is 39.5 Å². The summed E-state index contributed by atoms with van der Waals surface area (Å²) in [7, 11) is 6.21. The Labute approximate surface area is 135 Å². The number of phenolic OH excluding ortho intramolecular Hbond substituents is 1. The Balaban J connectivity index is 2.40. The number of benzene rings is 2. The van der Waals surface area contributed by atoms with E-state index in [1.165, 1.54) is 7.11 Å². The lowest BCUT2D eigenvalue weighted by molar-refractivity contribution is 0.324. The average molecular weight is 316 g/mol. The molecule has 122 valence electrons. The molecule has 1 N–H and O–H groups in total. The minimum Gasteiger partial charge on any atom is -0.504 e. The lowest BCUT2D eigenvalue weighted by atomic mass is 10.1. The van der Waals surface area contributed by atoms with E-state index < -0.39 is 0 Å². The zero-order valence-corrected chi connectivity index (χ0v) is 13.6. The van der Waals surface area contributed by atoms with Gasteiger partial charge in [-0.25, -0.2) is 0 Å². The van der Waals surface area contributed by atoms with E-state index in [0.717, 1.165) is 5.56 Å². The molecule has 0 saturated carbocycles. The first kappa shape index (κ1) is 16.5. The maximum atomic E-state index is 10.1. The summed E-state index contributed by atoms with van der Waals surface area (Å²) in [4.78, 5) is 0. The fourth-order valence-electron chi connectivity index (χ4n) is 2.22. The third-order valence-corrected chi connectivity index (χ3v) is 3.39. The van der Waals surface area contributed by atoms with Gasteiger partial charge in [0, 0.05) is 5.56 Å². The van der Waals surface area contributed by atoms with Crippen LogP contribution in [0.3, 0.4) is 0 Å². The number of aromatic hydroxyl groups is 1. The van der Waals surface area contributed by atoms with Crippen molar-refractivity contribution >= 4 is 12.2 Å². The van der Waals surface area contributed by atoms with Crippen LogP contribution < -0.4 is 18.9 Å². The Morgan fingerprint density at radius 3 is 1.91 bits per heavy atom. The van der Waals surface area contributed by atoms with Crippen LogP contribution in [-0.2, 0) is 0 Å². The van der Waals surface area contributed by atoms with Crippen molar-refractivity contribution in [1.29, 1.82) is 0 Å². The van der Waals surface area contributed by atoms with Crippen LogP contribution in [0.4, 0.5) is 0 Å². The molecule has 0 unspecified atom stereocenters. The Morgan fingerprint density at radius 1 is 0.783 bits per heavy atom.